The molecule has 1 unspecified atom stereocenters. The van der Waals surface area contributed by atoms with Gasteiger partial charge in [-0.2, -0.15) is 0 Å². The molecule has 0 aliphatic rings. The molecule has 1 heterocycles. The van der Waals surface area contributed by atoms with Crippen molar-refractivity contribution >= 4 is 27.3 Å². The zero-order valence-electron chi connectivity index (χ0n) is 13.2. The maximum atomic E-state index is 11.6. The molecular weight excluding hydrogens is 334 g/mol. The van der Waals surface area contributed by atoms with E-state index in [2.05, 4.69) is 32.7 Å². The van der Waals surface area contributed by atoms with Crippen molar-refractivity contribution in [2.45, 2.75) is 46.5 Å². The van der Waals surface area contributed by atoms with Crippen molar-refractivity contribution in [2.75, 3.05) is 23.3 Å². The Bertz CT molecular complexity index is 494. The van der Waals surface area contributed by atoms with E-state index in [4.69, 9.17) is 0 Å². The molecule has 0 spiro atoms. The van der Waals surface area contributed by atoms with Crippen LogP contribution in [0.15, 0.2) is 6.07 Å². The summed E-state index contributed by atoms with van der Waals surface area (Å²) in [7, 11) is 0. The van der Waals surface area contributed by atoms with E-state index in [1.54, 1.807) is 0 Å². The third kappa shape index (κ3) is 4.40. The van der Waals surface area contributed by atoms with E-state index in [1.807, 2.05) is 26.8 Å². The maximum Gasteiger partial charge on any atom is 0.314 e. The molecule has 21 heavy (non-hydrogen) atoms. The van der Waals surface area contributed by atoms with Crippen LogP contribution in [-0.2, 0) is 0 Å². The van der Waals surface area contributed by atoms with Gasteiger partial charge in [0.25, 0.3) is 0 Å². The van der Waals surface area contributed by atoms with Crippen LogP contribution in [0, 0.1) is 17.0 Å². The van der Waals surface area contributed by atoms with E-state index in [1.165, 1.54) is 0 Å². The molecule has 0 saturated carbocycles. The molecule has 0 aliphatic carbocycles. The second-order valence-corrected chi connectivity index (χ2v) is 5.91. The minimum Gasteiger partial charge on any atom is -0.366 e. The largest absolute Gasteiger partial charge is 0.366 e. The van der Waals surface area contributed by atoms with Crippen molar-refractivity contribution in [3.8, 4) is 0 Å². The Morgan fingerprint density at radius 2 is 2.14 bits per heavy atom. The van der Waals surface area contributed by atoms with E-state index in [0.717, 1.165) is 31.6 Å². The Balaban J connectivity index is 3.40. The smallest absolute Gasteiger partial charge is 0.314 e. The molecule has 1 atom stereocenters. The van der Waals surface area contributed by atoms with Crippen LogP contribution >= 0.6 is 15.9 Å². The van der Waals surface area contributed by atoms with Crippen LogP contribution in [0.4, 0.5) is 11.4 Å². The second-order valence-electron chi connectivity index (χ2n) is 5.26. The van der Waals surface area contributed by atoms with Gasteiger partial charge < -0.3 is 4.90 Å². The number of nitro groups is 1. The van der Waals surface area contributed by atoms with Crippen LogP contribution < -0.4 is 4.90 Å². The van der Waals surface area contributed by atoms with Crippen LogP contribution in [0.1, 0.15) is 50.9 Å². The summed E-state index contributed by atoms with van der Waals surface area (Å²) in [6, 6.07) is 1.84. The molecule has 0 aromatic carbocycles. The molecule has 1 aromatic heterocycles. The van der Waals surface area contributed by atoms with Crippen LogP contribution in [0.2, 0.25) is 0 Å². The van der Waals surface area contributed by atoms with Crippen LogP contribution in [0.25, 0.3) is 0 Å². The summed E-state index contributed by atoms with van der Waals surface area (Å²) in [6.07, 6.45) is 2.09. The zero-order valence-corrected chi connectivity index (χ0v) is 14.8. The van der Waals surface area contributed by atoms with Gasteiger partial charge in [0.15, 0.2) is 0 Å². The van der Waals surface area contributed by atoms with Gasteiger partial charge in [-0.05, 0) is 26.3 Å². The fourth-order valence-corrected chi connectivity index (χ4v) is 2.62. The van der Waals surface area contributed by atoms with Gasteiger partial charge in [-0.25, -0.2) is 0 Å². The predicted molar refractivity (Wildman–Crippen MR) is 90.6 cm³/mol. The summed E-state index contributed by atoms with van der Waals surface area (Å²) in [5.41, 5.74) is 2.26. The molecule has 0 fully saturated rings. The minimum absolute atomic E-state index is 0.00827. The van der Waals surface area contributed by atoms with Gasteiger partial charge in [0, 0.05) is 30.0 Å². The third-order valence-corrected chi connectivity index (χ3v) is 4.48. The first-order valence-corrected chi connectivity index (χ1v) is 8.55. The number of unbranched alkanes of at least 4 members (excludes halogenated alkanes) is 1. The van der Waals surface area contributed by atoms with Crippen LogP contribution in [0.5, 0.6) is 0 Å². The van der Waals surface area contributed by atoms with Crippen molar-refractivity contribution in [1.82, 2.24) is 4.98 Å². The number of aryl methyl sites for hydroxylation is 1. The first-order valence-electron chi connectivity index (χ1n) is 7.43. The quantitative estimate of drug-likeness (QED) is 0.392. The summed E-state index contributed by atoms with van der Waals surface area (Å²) >= 11 is 3.40. The zero-order chi connectivity index (χ0) is 16.0. The van der Waals surface area contributed by atoms with Gasteiger partial charge >= 0.3 is 5.69 Å². The molecule has 5 nitrogen and oxygen atoms in total. The van der Waals surface area contributed by atoms with E-state index in [0.29, 0.717) is 16.7 Å². The van der Waals surface area contributed by atoms with Crippen molar-refractivity contribution in [3.05, 3.63) is 27.6 Å². The molecule has 0 radical (unpaired) electrons. The predicted octanol–water partition coefficient (Wildman–Crippen LogP) is 4.42. The van der Waals surface area contributed by atoms with Crippen molar-refractivity contribution < 1.29 is 4.92 Å². The number of hydrogen-bond donors (Lipinski definition) is 0. The van der Waals surface area contributed by atoms with Gasteiger partial charge in [0.2, 0.25) is 0 Å². The van der Waals surface area contributed by atoms with Crippen molar-refractivity contribution in [3.63, 3.8) is 0 Å². The lowest BCUT2D eigenvalue weighted by Gasteiger charge is -2.24. The van der Waals surface area contributed by atoms with Crippen LogP contribution in [-0.4, -0.2) is 28.3 Å². The lowest BCUT2D eigenvalue weighted by Crippen LogP contribution is -2.25. The highest BCUT2D eigenvalue weighted by atomic mass is 79.9. The standard InChI is InChI=1S/C15H24BrN3O2/c1-5-7-8-18(6-2)13-9-12(4)17-14(11(3)10-16)15(13)19(20)21/h9,11H,5-8,10H2,1-4H3. The fourth-order valence-electron chi connectivity index (χ4n) is 2.32. The second kappa shape index (κ2) is 8.32. The highest BCUT2D eigenvalue weighted by molar-refractivity contribution is 9.09. The molecule has 0 bridgehead atoms. The molecule has 1 rings (SSSR count). The summed E-state index contributed by atoms with van der Waals surface area (Å²) in [6.45, 7) is 9.59. The molecule has 0 N–H and O–H groups in total. The van der Waals surface area contributed by atoms with Crippen LogP contribution in [0.3, 0.4) is 0 Å². The Morgan fingerprint density at radius 1 is 1.48 bits per heavy atom. The highest BCUT2D eigenvalue weighted by Crippen LogP contribution is 2.36. The Labute approximate surface area is 135 Å². The van der Waals surface area contributed by atoms with Gasteiger partial charge in [-0.15, -0.1) is 0 Å². The molecule has 118 valence electrons. The fraction of sp³-hybridized carbons (Fsp3) is 0.667. The Morgan fingerprint density at radius 3 is 2.62 bits per heavy atom. The molecule has 0 saturated heterocycles. The number of rotatable bonds is 8. The van der Waals surface area contributed by atoms with Gasteiger partial charge in [0.05, 0.1) is 4.92 Å². The number of alkyl halides is 1. The minimum atomic E-state index is -0.287. The van der Waals surface area contributed by atoms with E-state index < -0.39 is 0 Å². The monoisotopic (exact) mass is 357 g/mol. The molecular formula is C15H24BrN3O2. The summed E-state index contributed by atoms with van der Waals surface area (Å²) < 4.78 is 0. The normalized spacial score (nSPS) is 12.2. The number of aromatic nitrogens is 1. The first-order chi connectivity index (χ1) is 9.96. The lowest BCUT2D eigenvalue weighted by atomic mass is 10.1. The average molecular weight is 358 g/mol. The number of hydrogen-bond acceptors (Lipinski definition) is 4. The molecule has 0 aliphatic heterocycles. The molecule has 0 amide bonds. The third-order valence-electron chi connectivity index (χ3n) is 3.51. The van der Waals surface area contributed by atoms with Gasteiger partial charge in [-0.1, -0.05) is 36.2 Å². The average Bonchev–Trinajstić information content (AvgIpc) is 2.46. The topological polar surface area (TPSA) is 59.3 Å². The lowest BCUT2D eigenvalue weighted by molar-refractivity contribution is -0.385. The van der Waals surface area contributed by atoms with Gasteiger partial charge in [-0.3, -0.25) is 15.1 Å². The molecule has 1 aromatic rings. The van der Waals surface area contributed by atoms with E-state index >= 15 is 0 Å². The maximum absolute atomic E-state index is 11.6. The number of nitrogens with zero attached hydrogens (tertiary/aromatic N) is 3. The Hall–Kier alpha value is -1.17. The summed E-state index contributed by atoms with van der Waals surface area (Å²) in [4.78, 5) is 17.8. The van der Waals surface area contributed by atoms with E-state index in [9.17, 15) is 10.1 Å². The SMILES string of the molecule is CCCCN(CC)c1cc(C)nc(C(C)CBr)c1[N+](=O)[O-]. The Kier molecular flexibility index (Phi) is 7.08. The summed E-state index contributed by atoms with van der Waals surface area (Å²) in [5.74, 6) is 0.00827. The highest BCUT2D eigenvalue weighted by Gasteiger charge is 2.28. The number of halogens is 1. The first kappa shape index (κ1) is 17.9. The number of anilines is 1. The van der Waals surface area contributed by atoms with Gasteiger partial charge in [0.1, 0.15) is 11.4 Å². The van der Waals surface area contributed by atoms with Crippen molar-refractivity contribution in [2.24, 2.45) is 0 Å². The summed E-state index contributed by atoms with van der Waals surface area (Å²) in [5, 5.41) is 12.2. The van der Waals surface area contributed by atoms with Crippen molar-refractivity contribution in [1.29, 1.82) is 0 Å². The molecule has 6 heteroatoms. The number of pyridine rings is 1. The van der Waals surface area contributed by atoms with E-state index in [-0.39, 0.29) is 16.5 Å².